The molecule has 0 aromatic carbocycles. The maximum absolute atomic E-state index is 12.5. The fraction of sp³-hybridized carbons (Fsp3) is 0.500. The van der Waals surface area contributed by atoms with Crippen LogP contribution in [0.2, 0.25) is 0 Å². The van der Waals surface area contributed by atoms with Crippen molar-refractivity contribution in [2.24, 2.45) is 0 Å². The van der Waals surface area contributed by atoms with Gasteiger partial charge in [0.25, 0.3) is 5.56 Å². The van der Waals surface area contributed by atoms with Crippen LogP contribution in [0.15, 0.2) is 10.9 Å². The van der Waals surface area contributed by atoms with E-state index in [1.54, 1.807) is 0 Å². The fourth-order valence-electron chi connectivity index (χ4n) is 1.71. The number of carbonyl (C=O) groups excluding carboxylic acids is 1. The molecule has 2 rings (SSSR count). The number of halogens is 3. The number of nitrogens with zero attached hydrogens (tertiary/aromatic N) is 2. The lowest BCUT2D eigenvalue weighted by atomic mass is 10.1. The van der Waals surface area contributed by atoms with E-state index in [-0.39, 0.29) is 37.7 Å². The summed E-state index contributed by atoms with van der Waals surface area (Å²) >= 11 is 0. The summed E-state index contributed by atoms with van der Waals surface area (Å²) in [4.78, 5) is 29.3. The van der Waals surface area contributed by atoms with Crippen LogP contribution < -0.4 is 10.5 Å². The highest BCUT2D eigenvalue weighted by atomic mass is 19.4. The first kappa shape index (κ1) is 12.6. The summed E-state index contributed by atoms with van der Waals surface area (Å²) in [7, 11) is 0. The zero-order valence-corrected chi connectivity index (χ0v) is 9.25. The molecule has 0 atom stereocenters. The second-order valence-corrected chi connectivity index (χ2v) is 3.98. The van der Waals surface area contributed by atoms with Crippen LogP contribution in [0.25, 0.3) is 0 Å². The summed E-state index contributed by atoms with van der Waals surface area (Å²) in [6.45, 7) is 0.534. The summed E-state index contributed by atoms with van der Waals surface area (Å²) in [6.07, 6.45) is -4.16. The van der Waals surface area contributed by atoms with Gasteiger partial charge in [-0.3, -0.25) is 14.6 Å². The van der Waals surface area contributed by atoms with E-state index in [9.17, 15) is 22.8 Å². The molecule has 8 heteroatoms. The molecule has 1 N–H and O–H groups in total. The van der Waals surface area contributed by atoms with Crippen molar-refractivity contribution in [3.8, 4) is 0 Å². The molecule has 1 aliphatic rings. The van der Waals surface area contributed by atoms with Gasteiger partial charge in [0.05, 0.1) is 0 Å². The number of aromatic amines is 1. The second-order valence-electron chi connectivity index (χ2n) is 3.98. The first-order valence-electron chi connectivity index (χ1n) is 5.31. The van der Waals surface area contributed by atoms with Gasteiger partial charge >= 0.3 is 6.18 Å². The number of ketones is 1. The molecule has 18 heavy (non-hydrogen) atoms. The molecule has 0 aliphatic carbocycles. The van der Waals surface area contributed by atoms with Crippen molar-refractivity contribution >= 4 is 11.7 Å². The van der Waals surface area contributed by atoms with Gasteiger partial charge in [-0.15, -0.1) is 0 Å². The van der Waals surface area contributed by atoms with Crippen LogP contribution in [0.4, 0.5) is 19.1 Å². The number of piperidine rings is 1. The number of hydrogen-bond acceptors (Lipinski definition) is 4. The Morgan fingerprint density at radius 2 is 1.83 bits per heavy atom. The third-order valence-corrected chi connectivity index (χ3v) is 2.64. The molecule has 1 aliphatic heterocycles. The Bertz CT molecular complexity index is 514. The Morgan fingerprint density at radius 1 is 1.22 bits per heavy atom. The SMILES string of the molecule is O=C1CCN(c2nc(C(F)(F)F)cc(=O)[nH]2)CC1. The van der Waals surface area contributed by atoms with Gasteiger partial charge in [0, 0.05) is 32.0 Å². The van der Waals surface area contributed by atoms with Gasteiger partial charge in [-0.1, -0.05) is 0 Å². The molecule has 0 unspecified atom stereocenters. The van der Waals surface area contributed by atoms with Gasteiger partial charge in [0.15, 0.2) is 5.69 Å². The van der Waals surface area contributed by atoms with Crippen molar-refractivity contribution in [1.29, 1.82) is 0 Å². The van der Waals surface area contributed by atoms with E-state index in [4.69, 9.17) is 0 Å². The first-order valence-corrected chi connectivity index (χ1v) is 5.31. The van der Waals surface area contributed by atoms with Crippen LogP contribution in [0.1, 0.15) is 18.5 Å². The second kappa shape index (κ2) is 4.43. The molecular weight excluding hydrogens is 251 g/mol. The molecule has 1 fully saturated rings. The van der Waals surface area contributed by atoms with E-state index in [1.807, 2.05) is 0 Å². The van der Waals surface area contributed by atoms with Crippen molar-refractivity contribution in [2.45, 2.75) is 19.0 Å². The summed E-state index contributed by atoms with van der Waals surface area (Å²) in [5.74, 6) is -0.0807. The maximum Gasteiger partial charge on any atom is 0.433 e. The number of anilines is 1. The van der Waals surface area contributed by atoms with Crippen LogP contribution in [-0.4, -0.2) is 28.8 Å². The Morgan fingerprint density at radius 3 is 2.39 bits per heavy atom. The number of aromatic nitrogens is 2. The minimum absolute atomic E-state index is 0.0561. The van der Waals surface area contributed by atoms with E-state index in [1.165, 1.54) is 4.90 Å². The number of rotatable bonds is 1. The lowest BCUT2D eigenvalue weighted by Gasteiger charge is -2.26. The van der Waals surface area contributed by atoms with Crippen LogP contribution in [0.5, 0.6) is 0 Å². The monoisotopic (exact) mass is 261 g/mol. The van der Waals surface area contributed by atoms with Crippen molar-refractivity contribution in [2.75, 3.05) is 18.0 Å². The molecule has 2 heterocycles. The molecule has 0 radical (unpaired) electrons. The largest absolute Gasteiger partial charge is 0.433 e. The van der Waals surface area contributed by atoms with Crippen molar-refractivity contribution in [3.63, 3.8) is 0 Å². The minimum atomic E-state index is -4.66. The van der Waals surface area contributed by atoms with E-state index < -0.39 is 17.4 Å². The quantitative estimate of drug-likeness (QED) is 0.817. The van der Waals surface area contributed by atoms with Crippen LogP contribution in [0, 0.1) is 0 Å². The average molecular weight is 261 g/mol. The van der Waals surface area contributed by atoms with Gasteiger partial charge < -0.3 is 4.90 Å². The van der Waals surface area contributed by atoms with E-state index >= 15 is 0 Å². The molecule has 1 aromatic heterocycles. The van der Waals surface area contributed by atoms with Gasteiger partial charge in [-0.05, 0) is 0 Å². The zero-order valence-electron chi connectivity index (χ0n) is 9.25. The van der Waals surface area contributed by atoms with E-state index in [0.717, 1.165) is 0 Å². The molecular formula is C10H10F3N3O2. The smallest absolute Gasteiger partial charge is 0.341 e. The van der Waals surface area contributed by atoms with Crippen LogP contribution in [0.3, 0.4) is 0 Å². The number of Topliss-reactive ketones (excluding diaryl/α,β-unsaturated/α-hetero) is 1. The van der Waals surface area contributed by atoms with Gasteiger partial charge in [0.1, 0.15) is 5.78 Å². The van der Waals surface area contributed by atoms with Crippen molar-refractivity contribution in [3.05, 3.63) is 22.1 Å². The summed E-state index contributed by atoms with van der Waals surface area (Å²) in [5.41, 5.74) is -2.08. The average Bonchev–Trinajstić information content (AvgIpc) is 2.28. The van der Waals surface area contributed by atoms with Crippen LogP contribution in [-0.2, 0) is 11.0 Å². The topological polar surface area (TPSA) is 66.1 Å². The lowest BCUT2D eigenvalue weighted by molar-refractivity contribution is -0.141. The lowest BCUT2D eigenvalue weighted by Crippen LogP contribution is -2.36. The molecule has 0 spiro atoms. The molecule has 0 bridgehead atoms. The highest BCUT2D eigenvalue weighted by Gasteiger charge is 2.34. The number of nitrogens with one attached hydrogen (secondary N) is 1. The predicted molar refractivity (Wildman–Crippen MR) is 56.3 cm³/mol. The normalized spacial score (nSPS) is 17.1. The minimum Gasteiger partial charge on any atom is -0.341 e. The van der Waals surface area contributed by atoms with Crippen molar-refractivity contribution in [1.82, 2.24) is 9.97 Å². The standard InChI is InChI=1S/C10H10F3N3O2/c11-10(12,13)7-5-8(18)15-9(14-7)16-3-1-6(17)2-4-16/h5H,1-4H2,(H,14,15,18). The molecule has 1 saturated heterocycles. The Balaban J connectivity index is 2.31. The van der Waals surface area contributed by atoms with Gasteiger partial charge in [-0.25, -0.2) is 4.98 Å². The number of alkyl halides is 3. The van der Waals surface area contributed by atoms with E-state index in [0.29, 0.717) is 6.07 Å². The van der Waals surface area contributed by atoms with Gasteiger partial charge in [-0.2, -0.15) is 13.2 Å². The molecule has 0 amide bonds. The Kier molecular flexibility index (Phi) is 3.10. The third-order valence-electron chi connectivity index (χ3n) is 2.64. The zero-order chi connectivity index (χ0) is 13.3. The first-order chi connectivity index (χ1) is 8.36. The number of hydrogen-bond donors (Lipinski definition) is 1. The predicted octanol–water partition coefficient (Wildman–Crippen LogP) is 0.958. The van der Waals surface area contributed by atoms with E-state index in [2.05, 4.69) is 9.97 Å². The Labute approximate surface area is 99.6 Å². The summed E-state index contributed by atoms with van der Waals surface area (Å²) in [5, 5.41) is 0. The summed E-state index contributed by atoms with van der Waals surface area (Å²) in [6, 6.07) is 0.415. The highest BCUT2D eigenvalue weighted by molar-refractivity contribution is 5.80. The summed E-state index contributed by atoms with van der Waals surface area (Å²) < 4.78 is 37.5. The molecule has 98 valence electrons. The number of H-pyrrole nitrogens is 1. The number of carbonyl (C=O) groups is 1. The van der Waals surface area contributed by atoms with Crippen LogP contribution >= 0.6 is 0 Å². The highest BCUT2D eigenvalue weighted by Crippen LogP contribution is 2.27. The fourth-order valence-corrected chi connectivity index (χ4v) is 1.71. The van der Waals surface area contributed by atoms with Gasteiger partial charge in [0.2, 0.25) is 5.95 Å². The van der Waals surface area contributed by atoms with Crippen molar-refractivity contribution < 1.29 is 18.0 Å². The maximum atomic E-state index is 12.5. The molecule has 1 aromatic rings. The third kappa shape index (κ3) is 2.69. The molecule has 0 saturated carbocycles. The Hall–Kier alpha value is -1.86. The molecule has 5 nitrogen and oxygen atoms in total.